The maximum absolute atomic E-state index is 13.4. The van der Waals surface area contributed by atoms with Crippen molar-refractivity contribution in [1.29, 1.82) is 0 Å². The molecule has 1 aliphatic rings. The zero-order valence-electron chi connectivity index (χ0n) is 18.5. The summed E-state index contributed by atoms with van der Waals surface area (Å²) in [6, 6.07) is 9.60. The molecule has 0 spiro atoms. The number of aryl methyl sites for hydroxylation is 2. The van der Waals surface area contributed by atoms with Gasteiger partial charge in [0.2, 0.25) is 0 Å². The normalized spacial score (nSPS) is 13.8. The summed E-state index contributed by atoms with van der Waals surface area (Å²) in [6.45, 7) is 4.51. The van der Waals surface area contributed by atoms with Gasteiger partial charge in [-0.05, 0) is 32.4 Å². The number of amides is 2. The van der Waals surface area contributed by atoms with Crippen molar-refractivity contribution < 1.29 is 9.59 Å². The smallest absolute Gasteiger partial charge is 0.267 e. The Morgan fingerprint density at radius 3 is 2.33 bits per heavy atom. The van der Waals surface area contributed by atoms with Crippen LogP contribution in [-0.4, -0.2) is 59.5 Å². The summed E-state index contributed by atoms with van der Waals surface area (Å²) in [4.78, 5) is 31.3. The second-order valence-corrected chi connectivity index (χ2v) is 8.37. The van der Waals surface area contributed by atoms with Crippen LogP contribution in [0.25, 0.3) is 16.7 Å². The predicted octanol–water partition coefficient (Wildman–Crippen LogP) is 3.33. The van der Waals surface area contributed by atoms with Gasteiger partial charge in [-0.15, -0.1) is 0 Å². The maximum Gasteiger partial charge on any atom is 0.275 e. The molecule has 10 heteroatoms. The monoisotopic (exact) mass is 463 g/mol. The third kappa shape index (κ3) is 3.36. The number of carbonyl (C=O) groups is 2. The Hall–Kier alpha value is -3.72. The van der Waals surface area contributed by atoms with E-state index in [0.29, 0.717) is 52.5 Å². The van der Waals surface area contributed by atoms with E-state index in [-0.39, 0.29) is 17.4 Å². The largest absolute Gasteiger partial charge is 0.275 e. The second-order valence-electron chi connectivity index (χ2n) is 7.99. The Labute approximate surface area is 195 Å². The minimum Gasteiger partial charge on any atom is -0.267 e. The molecule has 0 radical (unpaired) electrons. The Kier molecular flexibility index (Phi) is 5.13. The Morgan fingerprint density at radius 1 is 0.970 bits per heavy atom. The molecule has 168 valence electrons. The molecule has 0 unspecified atom stereocenters. The molecule has 2 amide bonds. The molecule has 5 rings (SSSR count). The fourth-order valence-electron chi connectivity index (χ4n) is 4.28. The van der Waals surface area contributed by atoms with Crippen molar-refractivity contribution in [2.75, 3.05) is 13.1 Å². The molecule has 4 aromatic rings. The van der Waals surface area contributed by atoms with E-state index in [4.69, 9.17) is 11.6 Å². The van der Waals surface area contributed by atoms with Gasteiger partial charge in [0.05, 0.1) is 44.8 Å². The van der Waals surface area contributed by atoms with Gasteiger partial charge in [0, 0.05) is 26.3 Å². The van der Waals surface area contributed by atoms with Gasteiger partial charge < -0.3 is 0 Å². The quantitative estimate of drug-likeness (QED) is 0.465. The van der Waals surface area contributed by atoms with Crippen LogP contribution in [0.1, 0.15) is 38.5 Å². The first-order valence-corrected chi connectivity index (χ1v) is 11.0. The number of para-hydroxylation sites is 1. The van der Waals surface area contributed by atoms with E-state index in [1.165, 1.54) is 16.2 Å². The summed E-state index contributed by atoms with van der Waals surface area (Å²) in [5, 5.41) is 12.6. The first-order valence-electron chi connectivity index (χ1n) is 10.6. The Morgan fingerprint density at radius 2 is 1.64 bits per heavy atom. The third-order valence-corrected chi connectivity index (χ3v) is 6.33. The summed E-state index contributed by atoms with van der Waals surface area (Å²) in [7, 11) is 1.78. The number of aromatic nitrogens is 5. The van der Waals surface area contributed by atoms with Gasteiger partial charge in [-0.1, -0.05) is 29.8 Å². The van der Waals surface area contributed by atoms with Gasteiger partial charge in [0.1, 0.15) is 0 Å². The van der Waals surface area contributed by atoms with Gasteiger partial charge in [-0.3, -0.25) is 14.3 Å². The molecule has 0 N–H and O–H groups in total. The van der Waals surface area contributed by atoms with E-state index in [1.807, 2.05) is 44.2 Å². The lowest BCUT2D eigenvalue weighted by Crippen LogP contribution is -2.45. The lowest BCUT2D eigenvalue weighted by atomic mass is 10.2. The van der Waals surface area contributed by atoms with Gasteiger partial charge in [-0.25, -0.2) is 19.7 Å². The molecule has 1 saturated heterocycles. The standard InChI is InChI=1S/C23H22ClN7O2/c1-14-19-20(24)18(12-25-21(19)28(3)27-14)23(33)30-11-7-10-29(30)22(32)17-13-26-31(15(17)2)16-8-5-4-6-9-16/h4-6,8-9,12-13H,7,10-11H2,1-3H3. The van der Waals surface area contributed by atoms with Crippen LogP contribution in [0.2, 0.25) is 5.02 Å². The highest BCUT2D eigenvalue weighted by atomic mass is 35.5. The van der Waals surface area contributed by atoms with Crippen molar-refractivity contribution in [1.82, 2.24) is 34.6 Å². The maximum atomic E-state index is 13.4. The fraction of sp³-hybridized carbons (Fsp3) is 0.261. The van der Waals surface area contributed by atoms with E-state index in [9.17, 15) is 9.59 Å². The van der Waals surface area contributed by atoms with Gasteiger partial charge in [0.25, 0.3) is 11.8 Å². The summed E-state index contributed by atoms with van der Waals surface area (Å²) >= 11 is 6.62. The number of halogens is 1. The minimum absolute atomic E-state index is 0.247. The van der Waals surface area contributed by atoms with Gasteiger partial charge in [-0.2, -0.15) is 10.2 Å². The number of fused-ring (bicyclic) bond motifs is 1. The average Bonchev–Trinajstić information content (AvgIpc) is 3.52. The molecule has 33 heavy (non-hydrogen) atoms. The molecule has 1 fully saturated rings. The van der Waals surface area contributed by atoms with Gasteiger partial charge in [0.15, 0.2) is 5.65 Å². The fourth-order valence-corrected chi connectivity index (χ4v) is 4.63. The Balaban J connectivity index is 1.47. The molecule has 0 saturated carbocycles. The molecule has 0 aliphatic carbocycles. The first-order chi connectivity index (χ1) is 15.9. The van der Waals surface area contributed by atoms with Crippen molar-refractivity contribution >= 4 is 34.4 Å². The highest BCUT2D eigenvalue weighted by Crippen LogP contribution is 2.30. The molecule has 4 heterocycles. The third-order valence-electron chi connectivity index (χ3n) is 5.94. The number of hydrogen-bond donors (Lipinski definition) is 0. The highest BCUT2D eigenvalue weighted by molar-refractivity contribution is 6.38. The number of benzene rings is 1. The topological polar surface area (TPSA) is 89.2 Å². The van der Waals surface area contributed by atoms with Crippen LogP contribution in [-0.2, 0) is 7.05 Å². The predicted molar refractivity (Wildman–Crippen MR) is 123 cm³/mol. The molecule has 0 atom stereocenters. The number of hydrogen-bond acceptors (Lipinski definition) is 5. The lowest BCUT2D eigenvalue weighted by Gasteiger charge is -2.28. The highest BCUT2D eigenvalue weighted by Gasteiger charge is 2.35. The van der Waals surface area contributed by atoms with E-state index >= 15 is 0 Å². The zero-order valence-corrected chi connectivity index (χ0v) is 19.2. The number of rotatable bonds is 3. The molecule has 1 aromatic carbocycles. The minimum atomic E-state index is -0.364. The van der Waals surface area contributed by atoms with Crippen LogP contribution < -0.4 is 0 Å². The van der Waals surface area contributed by atoms with Crippen molar-refractivity contribution in [3.8, 4) is 5.69 Å². The van der Waals surface area contributed by atoms with Crippen LogP contribution in [0.5, 0.6) is 0 Å². The van der Waals surface area contributed by atoms with E-state index in [2.05, 4.69) is 15.2 Å². The van der Waals surface area contributed by atoms with E-state index in [0.717, 1.165) is 5.69 Å². The van der Waals surface area contributed by atoms with Crippen LogP contribution >= 0.6 is 11.6 Å². The van der Waals surface area contributed by atoms with Crippen LogP contribution in [0, 0.1) is 13.8 Å². The summed E-state index contributed by atoms with van der Waals surface area (Å²) < 4.78 is 3.35. The molecule has 3 aromatic heterocycles. The zero-order chi connectivity index (χ0) is 23.3. The van der Waals surface area contributed by atoms with Crippen molar-refractivity contribution in [2.24, 2.45) is 7.05 Å². The average molecular weight is 464 g/mol. The number of nitrogens with zero attached hydrogens (tertiary/aromatic N) is 7. The molecule has 9 nitrogen and oxygen atoms in total. The van der Waals surface area contributed by atoms with E-state index < -0.39 is 0 Å². The van der Waals surface area contributed by atoms with Crippen molar-refractivity contribution in [2.45, 2.75) is 20.3 Å². The Bertz CT molecular complexity index is 1390. The SMILES string of the molecule is Cc1nn(C)c2ncc(C(=O)N3CCCN3C(=O)c3cnn(-c4ccccc4)c3C)c(Cl)c12. The van der Waals surface area contributed by atoms with Crippen LogP contribution in [0.4, 0.5) is 0 Å². The number of hydrazine groups is 1. The lowest BCUT2D eigenvalue weighted by molar-refractivity contribution is 0.0185. The number of pyridine rings is 1. The second kappa shape index (κ2) is 8.00. The molecule has 0 bridgehead atoms. The molecular weight excluding hydrogens is 442 g/mol. The summed E-state index contributed by atoms with van der Waals surface area (Å²) in [6.07, 6.45) is 3.67. The van der Waals surface area contributed by atoms with Crippen molar-refractivity contribution in [3.63, 3.8) is 0 Å². The molecule has 1 aliphatic heterocycles. The summed E-state index contributed by atoms with van der Waals surface area (Å²) in [5.74, 6) is -0.639. The van der Waals surface area contributed by atoms with Crippen LogP contribution in [0.3, 0.4) is 0 Å². The summed E-state index contributed by atoms with van der Waals surface area (Å²) in [5.41, 5.74) is 3.56. The van der Waals surface area contributed by atoms with E-state index in [1.54, 1.807) is 22.6 Å². The van der Waals surface area contributed by atoms with Crippen molar-refractivity contribution in [3.05, 3.63) is 70.3 Å². The molecular formula is C23H22ClN7O2. The van der Waals surface area contributed by atoms with Crippen LogP contribution in [0.15, 0.2) is 42.7 Å². The first kappa shape index (κ1) is 21.1. The van der Waals surface area contributed by atoms with Gasteiger partial charge >= 0.3 is 0 Å². The number of carbonyl (C=O) groups excluding carboxylic acids is 2.